The molecule has 1 N–H and O–H groups in total. The highest BCUT2D eigenvalue weighted by Crippen LogP contribution is 2.27. The number of carboxylic acids is 1. The predicted octanol–water partition coefficient (Wildman–Crippen LogP) is 3.15. The SMILES string of the molecule is CCCOc1cccc2c1ccn2CC(C)C(=O)O. The van der Waals surface area contributed by atoms with E-state index >= 15 is 0 Å². The Morgan fingerprint density at radius 3 is 2.89 bits per heavy atom. The fourth-order valence-corrected chi connectivity index (χ4v) is 2.07. The number of hydrogen-bond donors (Lipinski definition) is 1. The van der Waals surface area contributed by atoms with Crippen LogP contribution in [0, 0.1) is 5.92 Å². The molecule has 0 radical (unpaired) electrons. The topological polar surface area (TPSA) is 51.5 Å². The fourth-order valence-electron chi connectivity index (χ4n) is 2.07. The summed E-state index contributed by atoms with van der Waals surface area (Å²) in [4.78, 5) is 10.9. The van der Waals surface area contributed by atoms with Crippen LogP contribution < -0.4 is 4.74 Å². The molecule has 1 aromatic heterocycles. The van der Waals surface area contributed by atoms with Crippen LogP contribution in [0.5, 0.6) is 5.75 Å². The van der Waals surface area contributed by atoms with E-state index in [1.165, 1.54) is 0 Å². The van der Waals surface area contributed by atoms with Crippen LogP contribution >= 0.6 is 0 Å². The van der Waals surface area contributed by atoms with Gasteiger partial charge in [0.15, 0.2) is 0 Å². The monoisotopic (exact) mass is 261 g/mol. The summed E-state index contributed by atoms with van der Waals surface area (Å²) >= 11 is 0. The average molecular weight is 261 g/mol. The maximum absolute atomic E-state index is 10.9. The summed E-state index contributed by atoms with van der Waals surface area (Å²) in [5.41, 5.74) is 1.02. The van der Waals surface area contributed by atoms with Crippen molar-refractivity contribution < 1.29 is 14.6 Å². The van der Waals surface area contributed by atoms with E-state index in [1.54, 1.807) is 6.92 Å². The van der Waals surface area contributed by atoms with Crippen molar-refractivity contribution >= 4 is 16.9 Å². The lowest BCUT2D eigenvalue weighted by molar-refractivity contribution is -0.141. The third-order valence-electron chi connectivity index (χ3n) is 3.13. The number of fused-ring (bicyclic) bond motifs is 1. The Balaban J connectivity index is 2.30. The maximum Gasteiger partial charge on any atom is 0.308 e. The minimum atomic E-state index is -0.778. The van der Waals surface area contributed by atoms with Crippen LogP contribution in [0.2, 0.25) is 0 Å². The van der Waals surface area contributed by atoms with Gasteiger partial charge in [-0.05, 0) is 24.6 Å². The van der Waals surface area contributed by atoms with Crippen molar-refractivity contribution in [2.75, 3.05) is 6.61 Å². The first kappa shape index (κ1) is 13.5. The molecule has 0 bridgehead atoms. The zero-order chi connectivity index (χ0) is 13.8. The van der Waals surface area contributed by atoms with Gasteiger partial charge in [-0.25, -0.2) is 0 Å². The Morgan fingerprint density at radius 2 is 2.21 bits per heavy atom. The van der Waals surface area contributed by atoms with Crippen molar-refractivity contribution in [1.29, 1.82) is 0 Å². The number of hydrogen-bond acceptors (Lipinski definition) is 2. The number of aliphatic carboxylic acids is 1. The molecule has 1 aromatic carbocycles. The van der Waals surface area contributed by atoms with Crippen molar-refractivity contribution in [2.24, 2.45) is 5.92 Å². The van der Waals surface area contributed by atoms with Gasteiger partial charge in [0, 0.05) is 18.1 Å². The second kappa shape index (κ2) is 5.78. The minimum absolute atomic E-state index is 0.407. The van der Waals surface area contributed by atoms with E-state index in [0.29, 0.717) is 13.2 Å². The fraction of sp³-hybridized carbons (Fsp3) is 0.400. The third kappa shape index (κ3) is 2.89. The number of benzene rings is 1. The van der Waals surface area contributed by atoms with E-state index in [4.69, 9.17) is 9.84 Å². The second-order valence-electron chi connectivity index (χ2n) is 4.74. The highest BCUT2D eigenvalue weighted by Gasteiger charge is 2.13. The molecule has 1 unspecified atom stereocenters. The molecule has 0 aliphatic carbocycles. The Bertz CT molecular complexity index is 574. The van der Waals surface area contributed by atoms with Crippen LogP contribution in [0.1, 0.15) is 20.3 Å². The van der Waals surface area contributed by atoms with Crippen LogP contribution in [0.4, 0.5) is 0 Å². The number of carbonyl (C=O) groups is 1. The van der Waals surface area contributed by atoms with Crippen LogP contribution in [0.25, 0.3) is 10.9 Å². The molecule has 19 heavy (non-hydrogen) atoms. The summed E-state index contributed by atoms with van der Waals surface area (Å²) in [6, 6.07) is 7.86. The van der Waals surface area contributed by atoms with Gasteiger partial charge in [-0.15, -0.1) is 0 Å². The Morgan fingerprint density at radius 1 is 1.42 bits per heavy atom. The van der Waals surface area contributed by atoms with E-state index in [1.807, 2.05) is 35.0 Å². The van der Waals surface area contributed by atoms with Gasteiger partial charge in [-0.3, -0.25) is 4.79 Å². The maximum atomic E-state index is 10.9. The largest absolute Gasteiger partial charge is 0.493 e. The van der Waals surface area contributed by atoms with Crippen molar-refractivity contribution in [3.63, 3.8) is 0 Å². The number of rotatable bonds is 6. The number of nitrogens with zero attached hydrogens (tertiary/aromatic N) is 1. The second-order valence-corrected chi connectivity index (χ2v) is 4.74. The zero-order valence-electron chi connectivity index (χ0n) is 11.3. The summed E-state index contributed by atoms with van der Waals surface area (Å²) in [7, 11) is 0. The first-order chi connectivity index (χ1) is 9.13. The lowest BCUT2D eigenvalue weighted by Crippen LogP contribution is -2.16. The summed E-state index contributed by atoms with van der Waals surface area (Å²) in [5, 5.41) is 10.0. The van der Waals surface area contributed by atoms with Crippen molar-refractivity contribution in [1.82, 2.24) is 4.57 Å². The highest BCUT2D eigenvalue weighted by molar-refractivity contribution is 5.86. The van der Waals surface area contributed by atoms with Crippen LogP contribution in [-0.4, -0.2) is 22.2 Å². The summed E-state index contributed by atoms with van der Waals surface area (Å²) in [6.07, 6.45) is 2.88. The molecule has 0 fully saturated rings. The molecule has 4 heteroatoms. The van der Waals surface area contributed by atoms with Gasteiger partial charge >= 0.3 is 5.97 Å². The van der Waals surface area contributed by atoms with E-state index in [-0.39, 0.29) is 0 Å². The normalized spacial score (nSPS) is 12.5. The molecule has 1 atom stereocenters. The van der Waals surface area contributed by atoms with Crippen LogP contribution in [0.15, 0.2) is 30.5 Å². The van der Waals surface area contributed by atoms with E-state index in [9.17, 15) is 4.79 Å². The quantitative estimate of drug-likeness (QED) is 0.869. The molecule has 0 saturated carbocycles. The smallest absolute Gasteiger partial charge is 0.308 e. The molecule has 102 valence electrons. The Hall–Kier alpha value is -1.97. The van der Waals surface area contributed by atoms with Crippen LogP contribution in [-0.2, 0) is 11.3 Å². The summed E-state index contributed by atoms with van der Waals surface area (Å²) < 4.78 is 7.67. The lowest BCUT2D eigenvalue weighted by atomic mass is 10.2. The van der Waals surface area contributed by atoms with Gasteiger partial charge in [-0.1, -0.05) is 19.9 Å². The lowest BCUT2D eigenvalue weighted by Gasteiger charge is -2.10. The molecule has 0 aliphatic rings. The van der Waals surface area contributed by atoms with Crippen molar-refractivity contribution in [3.05, 3.63) is 30.5 Å². The third-order valence-corrected chi connectivity index (χ3v) is 3.13. The molecule has 0 aliphatic heterocycles. The number of ether oxygens (including phenoxy) is 1. The van der Waals surface area contributed by atoms with E-state index in [0.717, 1.165) is 23.1 Å². The Kier molecular flexibility index (Phi) is 4.10. The predicted molar refractivity (Wildman–Crippen MR) is 74.5 cm³/mol. The molecule has 1 heterocycles. The highest BCUT2D eigenvalue weighted by atomic mass is 16.5. The van der Waals surface area contributed by atoms with Gasteiger partial charge in [0.2, 0.25) is 0 Å². The number of aromatic nitrogens is 1. The molecular formula is C15H19NO3. The first-order valence-electron chi connectivity index (χ1n) is 6.57. The van der Waals surface area contributed by atoms with Gasteiger partial charge < -0.3 is 14.4 Å². The summed E-state index contributed by atoms with van der Waals surface area (Å²) in [6.45, 7) is 4.94. The molecule has 4 nitrogen and oxygen atoms in total. The molecule has 0 spiro atoms. The Labute approximate surface area is 112 Å². The van der Waals surface area contributed by atoms with Gasteiger partial charge in [0.1, 0.15) is 5.75 Å². The van der Waals surface area contributed by atoms with E-state index < -0.39 is 11.9 Å². The molecular weight excluding hydrogens is 242 g/mol. The number of carboxylic acid groups (broad SMARTS) is 1. The standard InChI is InChI=1S/C15H19NO3/c1-3-9-19-14-6-4-5-13-12(14)7-8-16(13)10-11(2)15(17)18/h4-8,11H,3,9-10H2,1-2H3,(H,17,18). The van der Waals surface area contributed by atoms with Crippen molar-refractivity contribution in [2.45, 2.75) is 26.8 Å². The molecule has 0 amide bonds. The zero-order valence-corrected chi connectivity index (χ0v) is 11.3. The minimum Gasteiger partial charge on any atom is -0.493 e. The molecule has 0 saturated heterocycles. The van der Waals surface area contributed by atoms with E-state index in [2.05, 4.69) is 6.92 Å². The van der Waals surface area contributed by atoms with Gasteiger partial charge in [0.25, 0.3) is 0 Å². The summed E-state index contributed by atoms with van der Waals surface area (Å²) in [5.74, 6) is -0.322. The first-order valence-corrected chi connectivity index (χ1v) is 6.57. The van der Waals surface area contributed by atoms with Crippen molar-refractivity contribution in [3.8, 4) is 5.75 Å². The van der Waals surface area contributed by atoms with Gasteiger partial charge in [0.05, 0.1) is 18.0 Å². The molecule has 2 aromatic rings. The average Bonchev–Trinajstić information content (AvgIpc) is 2.80. The van der Waals surface area contributed by atoms with Gasteiger partial charge in [-0.2, -0.15) is 0 Å². The van der Waals surface area contributed by atoms with Crippen LogP contribution in [0.3, 0.4) is 0 Å². The molecule has 2 rings (SSSR count).